The number of hydrogen-bond donors (Lipinski definition) is 1. The average molecular weight is 402 g/mol. The maximum Gasteiger partial charge on any atom is 0.243 e. The molecule has 4 rings (SSSR count). The summed E-state index contributed by atoms with van der Waals surface area (Å²) in [5, 5.41) is 2.86. The summed E-state index contributed by atoms with van der Waals surface area (Å²) in [7, 11) is -3.61. The molecular formula is C20H22N2O5S. The maximum atomic E-state index is 12.9. The minimum atomic E-state index is -3.61. The van der Waals surface area contributed by atoms with Crippen LogP contribution in [0.15, 0.2) is 47.4 Å². The van der Waals surface area contributed by atoms with E-state index in [0.29, 0.717) is 36.6 Å². The highest BCUT2D eigenvalue weighted by Gasteiger charge is 2.33. The van der Waals surface area contributed by atoms with Gasteiger partial charge in [-0.05, 0) is 44.0 Å². The van der Waals surface area contributed by atoms with E-state index in [1.807, 2.05) is 6.92 Å². The number of sulfonamides is 1. The molecule has 0 bridgehead atoms. The number of hydrogen-bond acceptors (Lipinski definition) is 5. The van der Waals surface area contributed by atoms with Crippen LogP contribution >= 0.6 is 0 Å². The number of rotatable bonds is 4. The Morgan fingerprint density at radius 2 is 1.86 bits per heavy atom. The molecule has 7 nitrogen and oxygen atoms in total. The van der Waals surface area contributed by atoms with Crippen molar-refractivity contribution in [1.82, 2.24) is 4.31 Å². The van der Waals surface area contributed by atoms with E-state index in [-0.39, 0.29) is 24.1 Å². The predicted molar refractivity (Wildman–Crippen MR) is 104 cm³/mol. The Bertz CT molecular complexity index is 988. The zero-order chi connectivity index (χ0) is 19.7. The van der Waals surface area contributed by atoms with Crippen LogP contribution in [0.5, 0.6) is 11.5 Å². The molecule has 2 aromatic carbocycles. The van der Waals surface area contributed by atoms with Crippen molar-refractivity contribution in [2.24, 2.45) is 5.92 Å². The Balaban J connectivity index is 1.45. The Hall–Kier alpha value is -2.58. The SMILES string of the molecule is Cc1ccc(S(=O)(=O)N2CCC[C@@H](C(=O)Nc3ccc4c(c3)OCO4)C2)cc1. The van der Waals surface area contributed by atoms with E-state index < -0.39 is 15.9 Å². The van der Waals surface area contributed by atoms with Gasteiger partial charge in [0.25, 0.3) is 0 Å². The van der Waals surface area contributed by atoms with Crippen LogP contribution in [0.4, 0.5) is 5.69 Å². The number of nitrogens with zero attached hydrogens (tertiary/aromatic N) is 1. The highest BCUT2D eigenvalue weighted by atomic mass is 32.2. The van der Waals surface area contributed by atoms with Crippen molar-refractivity contribution < 1.29 is 22.7 Å². The molecule has 2 aliphatic rings. The van der Waals surface area contributed by atoms with Crippen LogP contribution in [0.2, 0.25) is 0 Å². The van der Waals surface area contributed by atoms with Gasteiger partial charge in [0.15, 0.2) is 11.5 Å². The fraction of sp³-hybridized carbons (Fsp3) is 0.350. The Morgan fingerprint density at radius 1 is 1.11 bits per heavy atom. The number of anilines is 1. The fourth-order valence-corrected chi connectivity index (χ4v) is 4.98. The van der Waals surface area contributed by atoms with E-state index in [1.54, 1.807) is 42.5 Å². The molecule has 2 heterocycles. The number of piperidine rings is 1. The lowest BCUT2D eigenvalue weighted by Gasteiger charge is -2.31. The molecule has 0 aromatic heterocycles. The number of carbonyl (C=O) groups excluding carboxylic acids is 1. The minimum Gasteiger partial charge on any atom is -0.454 e. The molecule has 1 amide bonds. The number of fused-ring (bicyclic) bond motifs is 1. The first-order chi connectivity index (χ1) is 13.4. The van der Waals surface area contributed by atoms with Crippen LogP contribution in [-0.4, -0.2) is 38.5 Å². The number of benzene rings is 2. The van der Waals surface area contributed by atoms with Crippen LogP contribution in [0.25, 0.3) is 0 Å². The summed E-state index contributed by atoms with van der Waals surface area (Å²) in [5.41, 5.74) is 1.60. The highest BCUT2D eigenvalue weighted by molar-refractivity contribution is 7.89. The van der Waals surface area contributed by atoms with Crippen molar-refractivity contribution >= 4 is 21.6 Å². The van der Waals surface area contributed by atoms with E-state index in [0.717, 1.165) is 5.56 Å². The average Bonchev–Trinajstić information content (AvgIpc) is 3.16. The lowest BCUT2D eigenvalue weighted by Crippen LogP contribution is -2.43. The second-order valence-electron chi connectivity index (χ2n) is 7.07. The molecule has 1 fully saturated rings. The van der Waals surface area contributed by atoms with Crippen molar-refractivity contribution in [3.8, 4) is 11.5 Å². The molecule has 1 saturated heterocycles. The first kappa shape index (κ1) is 18.8. The van der Waals surface area contributed by atoms with Gasteiger partial charge in [0.05, 0.1) is 10.8 Å². The molecular weight excluding hydrogens is 380 g/mol. The number of ether oxygens (including phenoxy) is 2. The van der Waals surface area contributed by atoms with Crippen molar-refractivity contribution in [3.63, 3.8) is 0 Å². The molecule has 1 N–H and O–H groups in total. The first-order valence-corrected chi connectivity index (χ1v) is 10.6. The Labute approximate surface area is 164 Å². The lowest BCUT2D eigenvalue weighted by molar-refractivity contribution is -0.120. The third-order valence-corrected chi connectivity index (χ3v) is 6.93. The van der Waals surface area contributed by atoms with Gasteiger partial charge < -0.3 is 14.8 Å². The first-order valence-electron chi connectivity index (χ1n) is 9.21. The molecule has 0 aliphatic carbocycles. The largest absolute Gasteiger partial charge is 0.454 e. The van der Waals surface area contributed by atoms with Gasteiger partial charge in [-0.15, -0.1) is 0 Å². The topological polar surface area (TPSA) is 84.9 Å². The molecule has 0 saturated carbocycles. The summed E-state index contributed by atoms with van der Waals surface area (Å²) < 4.78 is 37.8. The third kappa shape index (κ3) is 3.70. The van der Waals surface area contributed by atoms with Crippen LogP contribution in [0.1, 0.15) is 18.4 Å². The zero-order valence-electron chi connectivity index (χ0n) is 15.6. The van der Waals surface area contributed by atoms with Gasteiger partial charge in [0, 0.05) is 24.8 Å². The minimum absolute atomic E-state index is 0.168. The number of amides is 1. The second-order valence-corrected chi connectivity index (χ2v) is 9.01. The summed E-state index contributed by atoms with van der Waals surface area (Å²) in [6.07, 6.45) is 1.29. The number of carbonyl (C=O) groups is 1. The maximum absolute atomic E-state index is 12.9. The molecule has 0 radical (unpaired) electrons. The summed E-state index contributed by atoms with van der Waals surface area (Å²) in [5.74, 6) is 0.637. The number of aryl methyl sites for hydroxylation is 1. The van der Waals surface area contributed by atoms with Crippen LogP contribution in [0.3, 0.4) is 0 Å². The zero-order valence-corrected chi connectivity index (χ0v) is 16.4. The van der Waals surface area contributed by atoms with Gasteiger partial charge in [-0.25, -0.2) is 8.42 Å². The lowest BCUT2D eigenvalue weighted by atomic mass is 9.98. The van der Waals surface area contributed by atoms with Gasteiger partial charge in [-0.2, -0.15) is 4.31 Å². The van der Waals surface area contributed by atoms with Crippen molar-refractivity contribution in [1.29, 1.82) is 0 Å². The smallest absolute Gasteiger partial charge is 0.243 e. The summed E-state index contributed by atoms with van der Waals surface area (Å²) in [6, 6.07) is 12.0. The summed E-state index contributed by atoms with van der Waals surface area (Å²) in [4.78, 5) is 13.0. The monoisotopic (exact) mass is 402 g/mol. The van der Waals surface area contributed by atoms with Crippen molar-refractivity contribution in [2.75, 3.05) is 25.2 Å². The van der Waals surface area contributed by atoms with Gasteiger partial charge in [0.2, 0.25) is 22.7 Å². The van der Waals surface area contributed by atoms with E-state index in [4.69, 9.17) is 9.47 Å². The van der Waals surface area contributed by atoms with E-state index in [2.05, 4.69) is 5.32 Å². The van der Waals surface area contributed by atoms with E-state index >= 15 is 0 Å². The quantitative estimate of drug-likeness (QED) is 0.850. The molecule has 0 unspecified atom stereocenters. The van der Waals surface area contributed by atoms with Crippen LogP contribution in [-0.2, 0) is 14.8 Å². The molecule has 8 heteroatoms. The summed E-state index contributed by atoms with van der Waals surface area (Å²) >= 11 is 0. The molecule has 28 heavy (non-hydrogen) atoms. The molecule has 2 aliphatic heterocycles. The predicted octanol–water partition coefficient (Wildman–Crippen LogP) is 2.76. The van der Waals surface area contributed by atoms with Gasteiger partial charge in [-0.3, -0.25) is 4.79 Å². The van der Waals surface area contributed by atoms with Crippen LogP contribution < -0.4 is 14.8 Å². The molecule has 1 atom stereocenters. The van der Waals surface area contributed by atoms with E-state index in [9.17, 15) is 13.2 Å². The molecule has 148 valence electrons. The van der Waals surface area contributed by atoms with Gasteiger partial charge in [0.1, 0.15) is 0 Å². The third-order valence-electron chi connectivity index (χ3n) is 5.05. The van der Waals surface area contributed by atoms with Crippen molar-refractivity contribution in [2.45, 2.75) is 24.7 Å². The molecule has 2 aromatic rings. The number of nitrogens with one attached hydrogen (secondary N) is 1. The summed E-state index contributed by atoms with van der Waals surface area (Å²) in [6.45, 7) is 2.67. The fourth-order valence-electron chi connectivity index (χ4n) is 3.45. The van der Waals surface area contributed by atoms with Gasteiger partial charge in [-0.1, -0.05) is 17.7 Å². The Morgan fingerprint density at radius 3 is 2.64 bits per heavy atom. The van der Waals surface area contributed by atoms with Gasteiger partial charge >= 0.3 is 0 Å². The standard InChI is InChI=1S/C20H22N2O5S/c1-14-4-7-17(8-5-14)28(24,25)22-10-2-3-15(12-22)20(23)21-16-6-9-18-19(11-16)27-13-26-18/h4-9,11,15H,2-3,10,12-13H2,1H3,(H,21,23)/t15-/m1/s1. The highest BCUT2D eigenvalue weighted by Crippen LogP contribution is 2.34. The van der Waals surface area contributed by atoms with Crippen LogP contribution in [0, 0.1) is 12.8 Å². The second kappa shape index (κ2) is 7.44. The van der Waals surface area contributed by atoms with E-state index in [1.165, 1.54) is 4.31 Å². The van der Waals surface area contributed by atoms with Crippen molar-refractivity contribution in [3.05, 3.63) is 48.0 Å². The normalized spacial score (nSPS) is 19.4. The molecule has 0 spiro atoms. The Kier molecular flexibility index (Phi) is 4.99.